The summed E-state index contributed by atoms with van der Waals surface area (Å²) in [6, 6.07) is 3.95. The minimum atomic E-state index is -0.182. The van der Waals surface area contributed by atoms with Gasteiger partial charge in [0.15, 0.2) is 5.11 Å². The second kappa shape index (κ2) is 4.69. The summed E-state index contributed by atoms with van der Waals surface area (Å²) in [5, 5.41) is 3.58. The molecule has 0 saturated carbocycles. The SMILES string of the molecule is CCC1NC(=S)N(c2cc(C)c(C)cc2C)C1=O. The fourth-order valence-corrected chi connectivity index (χ4v) is 2.55. The molecule has 0 aliphatic carbocycles. The Bertz CT molecular complexity index is 525. The van der Waals surface area contributed by atoms with Crippen LogP contribution in [-0.2, 0) is 4.79 Å². The summed E-state index contributed by atoms with van der Waals surface area (Å²) >= 11 is 5.27. The van der Waals surface area contributed by atoms with Gasteiger partial charge in [0.25, 0.3) is 5.91 Å². The Kier molecular flexibility index (Phi) is 3.39. The highest BCUT2D eigenvalue weighted by atomic mass is 32.1. The Labute approximate surface area is 113 Å². The Morgan fingerprint density at radius 3 is 2.39 bits per heavy atom. The van der Waals surface area contributed by atoms with Crippen molar-refractivity contribution in [1.29, 1.82) is 0 Å². The lowest BCUT2D eigenvalue weighted by Gasteiger charge is -2.19. The lowest BCUT2D eigenvalue weighted by molar-refractivity contribution is -0.118. The number of nitrogens with one attached hydrogen (secondary N) is 1. The van der Waals surface area contributed by atoms with Crippen LogP contribution in [0.15, 0.2) is 12.1 Å². The normalized spacial score (nSPS) is 19.3. The number of hydrogen-bond donors (Lipinski definition) is 1. The smallest absolute Gasteiger partial charge is 0.255 e. The molecule has 1 saturated heterocycles. The van der Waals surface area contributed by atoms with Gasteiger partial charge in [-0.1, -0.05) is 13.0 Å². The van der Waals surface area contributed by atoms with Gasteiger partial charge >= 0.3 is 0 Å². The number of carbonyl (C=O) groups is 1. The van der Waals surface area contributed by atoms with E-state index in [1.54, 1.807) is 4.90 Å². The van der Waals surface area contributed by atoms with Crippen molar-refractivity contribution in [3.8, 4) is 0 Å². The molecule has 1 N–H and O–H groups in total. The number of anilines is 1. The minimum Gasteiger partial charge on any atom is -0.350 e. The van der Waals surface area contributed by atoms with Gasteiger partial charge in [0.05, 0.1) is 5.69 Å². The third kappa shape index (κ3) is 2.01. The highest BCUT2D eigenvalue weighted by Crippen LogP contribution is 2.27. The van der Waals surface area contributed by atoms with Crippen LogP contribution >= 0.6 is 12.2 Å². The fourth-order valence-electron chi connectivity index (χ4n) is 2.22. The molecular formula is C14H18N2OS. The summed E-state index contributed by atoms with van der Waals surface area (Å²) in [5.41, 5.74) is 4.38. The van der Waals surface area contributed by atoms with E-state index in [4.69, 9.17) is 12.2 Å². The fraction of sp³-hybridized carbons (Fsp3) is 0.429. The van der Waals surface area contributed by atoms with Gasteiger partial charge in [0.2, 0.25) is 0 Å². The third-order valence-corrected chi connectivity index (χ3v) is 3.78. The lowest BCUT2D eigenvalue weighted by Crippen LogP contribution is -2.31. The van der Waals surface area contributed by atoms with E-state index in [-0.39, 0.29) is 11.9 Å². The zero-order valence-corrected chi connectivity index (χ0v) is 12.0. The van der Waals surface area contributed by atoms with Gasteiger partial charge in [0, 0.05) is 0 Å². The highest BCUT2D eigenvalue weighted by Gasteiger charge is 2.35. The van der Waals surface area contributed by atoms with Gasteiger partial charge in [-0.05, 0) is 62.2 Å². The molecule has 0 aromatic heterocycles. The molecule has 3 nitrogen and oxygen atoms in total. The molecule has 1 aromatic carbocycles. The Balaban J connectivity index is 2.46. The second-order valence-electron chi connectivity index (χ2n) is 4.81. The van der Waals surface area contributed by atoms with Gasteiger partial charge in [0.1, 0.15) is 6.04 Å². The maximum Gasteiger partial charge on any atom is 0.255 e. The van der Waals surface area contributed by atoms with Crippen molar-refractivity contribution in [2.45, 2.75) is 40.2 Å². The molecule has 1 heterocycles. The molecule has 18 heavy (non-hydrogen) atoms. The van der Waals surface area contributed by atoms with Crippen LogP contribution in [0.3, 0.4) is 0 Å². The highest BCUT2D eigenvalue weighted by molar-refractivity contribution is 7.80. The molecule has 2 rings (SSSR count). The van der Waals surface area contributed by atoms with Gasteiger partial charge in [-0.25, -0.2) is 0 Å². The monoisotopic (exact) mass is 262 g/mol. The molecule has 1 amide bonds. The van der Waals surface area contributed by atoms with Crippen molar-refractivity contribution < 1.29 is 4.79 Å². The van der Waals surface area contributed by atoms with Crippen molar-refractivity contribution in [2.24, 2.45) is 0 Å². The molecule has 4 heteroatoms. The molecule has 1 aromatic rings. The summed E-state index contributed by atoms with van der Waals surface area (Å²) in [6.45, 7) is 8.11. The predicted octanol–water partition coefficient (Wildman–Crippen LogP) is 2.61. The average molecular weight is 262 g/mol. The van der Waals surface area contributed by atoms with Gasteiger partial charge in [-0.3, -0.25) is 9.69 Å². The molecule has 0 spiro atoms. The quantitative estimate of drug-likeness (QED) is 0.832. The van der Waals surface area contributed by atoms with E-state index in [9.17, 15) is 4.79 Å². The van der Waals surface area contributed by atoms with E-state index in [0.717, 1.165) is 17.7 Å². The van der Waals surface area contributed by atoms with Crippen LogP contribution in [0.4, 0.5) is 5.69 Å². The maximum absolute atomic E-state index is 12.3. The van der Waals surface area contributed by atoms with Crippen molar-refractivity contribution in [2.75, 3.05) is 4.90 Å². The van der Waals surface area contributed by atoms with Gasteiger partial charge < -0.3 is 5.32 Å². The second-order valence-corrected chi connectivity index (χ2v) is 5.19. The number of rotatable bonds is 2. The number of carbonyl (C=O) groups excluding carboxylic acids is 1. The maximum atomic E-state index is 12.3. The molecule has 1 atom stereocenters. The first-order chi connectivity index (χ1) is 8.45. The molecule has 96 valence electrons. The number of nitrogens with zero attached hydrogens (tertiary/aromatic N) is 1. The van der Waals surface area contributed by atoms with E-state index in [1.807, 2.05) is 26.8 Å². The van der Waals surface area contributed by atoms with E-state index in [2.05, 4.69) is 18.3 Å². The summed E-state index contributed by atoms with van der Waals surface area (Å²) in [7, 11) is 0. The van der Waals surface area contributed by atoms with Crippen LogP contribution in [-0.4, -0.2) is 17.1 Å². The van der Waals surface area contributed by atoms with E-state index < -0.39 is 0 Å². The molecule has 1 fully saturated rings. The summed E-state index contributed by atoms with van der Waals surface area (Å²) in [5.74, 6) is 0.0499. The molecule has 1 unspecified atom stereocenters. The number of aryl methyl sites for hydroxylation is 3. The molecular weight excluding hydrogens is 244 g/mol. The number of hydrogen-bond acceptors (Lipinski definition) is 2. The lowest BCUT2D eigenvalue weighted by atomic mass is 10.0. The Hall–Kier alpha value is -1.42. The van der Waals surface area contributed by atoms with Crippen molar-refractivity contribution in [3.05, 3.63) is 28.8 Å². The first-order valence-corrected chi connectivity index (χ1v) is 6.58. The van der Waals surface area contributed by atoms with Crippen LogP contribution < -0.4 is 10.2 Å². The van der Waals surface area contributed by atoms with Gasteiger partial charge in [-0.15, -0.1) is 0 Å². The zero-order valence-electron chi connectivity index (χ0n) is 11.2. The zero-order chi connectivity index (χ0) is 13.4. The summed E-state index contributed by atoms with van der Waals surface area (Å²) in [4.78, 5) is 13.9. The van der Waals surface area contributed by atoms with Crippen molar-refractivity contribution in [3.63, 3.8) is 0 Å². The van der Waals surface area contributed by atoms with Crippen LogP contribution in [0.1, 0.15) is 30.0 Å². The standard InChI is InChI=1S/C14H18N2OS/c1-5-11-13(17)16(14(18)15-11)12-7-9(3)8(2)6-10(12)4/h6-7,11H,5H2,1-4H3,(H,15,18). The first-order valence-electron chi connectivity index (χ1n) is 6.18. The summed E-state index contributed by atoms with van der Waals surface area (Å²) < 4.78 is 0. The Morgan fingerprint density at radius 2 is 1.83 bits per heavy atom. The van der Waals surface area contributed by atoms with Crippen LogP contribution in [0, 0.1) is 20.8 Å². The number of amides is 1. The minimum absolute atomic E-state index is 0.0499. The van der Waals surface area contributed by atoms with Crippen LogP contribution in [0.25, 0.3) is 0 Å². The Morgan fingerprint density at radius 1 is 1.22 bits per heavy atom. The topological polar surface area (TPSA) is 32.3 Å². The summed E-state index contributed by atoms with van der Waals surface area (Å²) in [6.07, 6.45) is 0.749. The molecule has 0 bridgehead atoms. The van der Waals surface area contributed by atoms with E-state index in [1.165, 1.54) is 11.1 Å². The number of thiocarbonyl (C=S) groups is 1. The van der Waals surface area contributed by atoms with Crippen molar-refractivity contribution in [1.82, 2.24) is 5.32 Å². The molecule has 1 aliphatic heterocycles. The van der Waals surface area contributed by atoms with E-state index >= 15 is 0 Å². The molecule has 1 aliphatic rings. The first kappa shape index (κ1) is 13.0. The van der Waals surface area contributed by atoms with Crippen LogP contribution in [0.5, 0.6) is 0 Å². The average Bonchev–Trinajstić information content (AvgIpc) is 2.59. The van der Waals surface area contributed by atoms with E-state index in [0.29, 0.717) is 5.11 Å². The predicted molar refractivity (Wildman–Crippen MR) is 78.0 cm³/mol. The number of benzene rings is 1. The van der Waals surface area contributed by atoms with Gasteiger partial charge in [-0.2, -0.15) is 0 Å². The largest absolute Gasteiger partial charge is 0.350 e. The van der Waals surface area contributed by atoms with Crippen LogP contribution in [0.2, 0.25) is 0 Å². The molecule has 0 radical (unpaired) electrons. The van der Waals surface area contributed by atoms with Crippen molar-refractivity contribution >= 4 is 28.9 Å². The third-order valence-electron chi connectivity index (χ3n) is 3.48.